The first-order valence-electron chi connectivity index (χ1n) is 6.53. The molecule has 0 spiro atoms. The second-order valence-corrected chi connectivity index (χ2v) is 4.66. The molecule has 4 nitrogen and oxygen atoms in total. The highest BCUT2D eigenvalue weighted by atomic mass is 19.1. The lowest BCUT2D eigenvalue weighted by molar-refractivity contribution is -0.132. The Hall–Kier alpha value is -1.62. The first-order valence-corrected chi connectivity index (χ1v) is 6.53. The van der Waals surface area contributed by atoms with Gasteiger partial charge in [-0.2, -0.15) is 0 Å². The van der Waals surface area contributed by atoms with Crippen LogP contribution in [0.25, 0.3) is 0 Å². The van der Waals surface area contributed by atoms with Gasteiger partial charge >= 0.3 is 0 Å². The first-order chi connectivity index (χ1) is 9.13. The number of likely N-dealkylation sites (N-methyl/N-ethyl adjacent to an activating group) is 1. The summed E-state index contributed by atoms with van der Waals surface area (Å²) in [6.45, 7) is 3.96. The molecular weight excluding hydrogens is 247 g/mol. The number of rotatable bonds is 5. The number of hydrogen-bond acceptors (Lipinski definition) is 3. The summed E-state index contributed by atoms with van der Waals surface area (Å²) in [6.07, 6.45) is 0.0342. The lowest BCUT2D eigenvalue weighted by atomic mass is 10.2. The topological polar surface area (TPSA) is 41.6 Å². The van der Waals surface area contributed by atoms with Crippen LogP contribution in [0.15, 0.2) is 18.2 Å². The number of ether oxygens (including phenoxy) is 1. The van der Waals surface area contributed by atoms with E-state index in [-0.39, 0.29) is 11.7 Å². The molecule has 5 heteroatoms. The molecule has 19 heavy (non-hydrogen) atoms. The van der Waals surface area contributed by atoms with Gasteiger partial charge in [0.15, 0.2) is 17.7 Å². The highest BCUT2D eigenvalue weighted by Gasteiger charge is 2.32. The third-order valence-electron chi connectivity index (χ3n) is 3.25. The van der Waals surface area contributed by atoms with Crippen LogP contribution in [-0.4, -0.2) is 37.0 Å². The molecule has 1 aliphatic rings. The average molecular weight is 266 g/mol. The molecule has 0 aromatic heterocycles. The summed E-state index contributed by atoms with van der Waals surface area (Å²) in [7, 11) is 1.73. The van der Waals surface area contributed by atoms with E-state index < -0.39 is 11.9 Å². The molecule has 1 saturated heterocycles. The van der Waals surface area contributed by atoms with E-state index in [0.717, 1.165) is 12.1 Å². The molecule has 1 aromatic rings. The van der Waals surface area contributed by atoms with Gasteiger partial charge < -0.3 is 15.0 Å². The van der Waals surface area contributed by atoms with E-state index in [9.17, 15) is 9.18 Å². The average Bonchev–Trinajstić information content (AvgIpc) is 2.71. The second kappa shape index (κ2) is 6.02. The SMILES string of the molecule is CCNCc1cccc(F)c1OC1CCN(C)C1=O. The van der Waals surface area contributed by atoms with E-state index in [1.807, 2.05) is 13.0 Å². The zero-order valence-corrected chi connectivity index (χ0v) is 11.3. The number of carbonyl (C=O) groups excluding carboxylic acids is 1. The zero-order chi connectivity index (χ0) is 13.8. The Labute approximate surface area is 112 Å². The Balaban J connectivity index is 2.16. The summed E-state index contributed by atoms with van der Waals surface area (Å²) in [5, 5.41) is 3.14. The van der Waals surface area contributed by atoms with Gasteiger partial charge in [0.2, 0.25) is 0 Å². The first kappa shape index (κ1) is 13.8. The number of carbonyl (C=O) groups is 1. The number of hydrogen-bond donors (Lipinski definition) is 1. The van der Waals surface area contributed by atoms with Gasteiger partial charge in [-0.3, -0.25) is 4.79 Å². The number of nitrogens with zero attached hydrogens (tertiary/aromatic N) is 1. The van der Waals surface area contributed by atoms with Crippen molar-refractivity contribution in [1.82, 2.24) is 10.2 Å². The fraction of sp³-hybridized carbons (Fsp3) is 0.500. The standard InChI is InChI=1S/C14H19FN2O2/c1-3-16-9-10-5-4-6-11(15)13(10)19-12-7-8-17(2)14(12)18/h4-6,12,16H,3,7-9H2,1-2H3. The van der Waals surface area contributed by atoms with Crippen LogP contribution in [0.1, 0.15) is 18.9 Å². The Kier molecular flexibility index (Phi) is 4.37. The highest BCUT2D eigenvalue weighted by molar-refractivity contribution is 5.83. The maximum atomic E-state index is 13.9. The van der Waals surface area contributed by atoms with E-state index in [1.165, 1.54) is 6.07 Å². The third kappa shape index (κ3) is 3.04. The van der Waals surface area contributed by atoms with Crippen molar-refractivity contribution in [3.63, 3.8) is 0 Å². The largest absolute Gasteiger partial charge is 0.477 e. The van der Waals surface area contributed by atoms with Crippen LogP contribution in [0, 0.1) is 5.82 Å². The minimum Gasteiger partial charge on any atom is -0.477 e. The molecule has 0 radical (unpaired) electrons. The number of halogens is 1. The molecule has 0 bridgehead atoms. The molecule has 0 saturated carbocycles. The minimum atomic E-state index is -0.567. The quantitative estimate of drug-likeness (QED) is 0.879. The summed E-state index contributed by atoms with van der Waals surface area (Å²) >= 11 is 0. The normalized spacial score (nSPS) is 19.0. The molecule has 1 aromatic carbocycles. The molecule has 1 N–H and O–H groups in total. The smallest absolute Gasteiger partial charge is 0.263 e. The van der Waals surface area contributed by atoms with Gasteiger partial charge in [0, 0.05) is 32.1 Å². The van der Waals surface area contributed by atoms with Crippen molar-refractivity contribution in [2.45, 2.75) is 26.0 Å². The van der Waals surface area contributed by atoms with Crippen LogP contribution >= 0.6 is 0 Å². The third-order valence-corrected chi connectivity index (χ3v) is 3.25. The molecule has 104 valence electrons. The molecule has 1 amide bonds. The molecule has 1 atom stereocenters. The summed E-state index contributed by atoms with van der Waals surface area (Å²) in [6, 6.07) is 4.82. The summed E-state index contributed by atoms with van der Waals surface area (Å²) < 4.78 is 19.5. The van der Waals surface area contributed by atoms with E-state index in [0.29, 0.717) is 19.5 Å². The predicted octanol–water partition coefficient (Wildman–Crippen LogP) is 1.54. The van der Waals surface area contributed by atoms with Crippen molar-refractivity contribution in [1.29, 1.82) is 0 Å². The van der Waals surface area contributed by atoms with Crippen molar-refractivity contribution < 1.29 is 13.9 Å². The molecule has 1 fully saturated rings. The van der Waals surface area contributed by atoms with Gasteiger partial charge in [-0.1, -0.05) is 19.1 Å². The molecule has 1 heterocycles. The maximum Gasteiger partial charge on any atom is 0.263 e. The number of benzene rings is 1. The van der Waals surface area contributed by atoms with Crippen LogP contribution in [0.4, 0.5) is 4.39 Å². The van der Waals surface area contributed by atoms with Crippen molar-refractivity contribution in [3.05, 3.63) is 29.6 Å². The Morgan fingerprint density at radius 3 is 2.95 bits per heavy atom. The monoisotopic (exact) mass is 266 g/mol. The Morgan fingerprint density at radius 1 is 1.53 bits per heavy atom. The Morgan fingerprint density at radius 2 is 2.32 bits per heavy atom. The molecule has 0 aliphatic carbocycles. The van der Waals surface area contributed by atoms with Crippen molar-refractivity contribution in [2.75, 3.05) is 20.1 Å². The van der Waals surface area contributed by atoms with E-state index in [4.69, 9.17) is 4.74 Å². The predicted molar refractivity (Wildman–Crippen MR) is 70.5 cm³/mol. The van der Waals surface area contributed by atoms with Crippen molar-refractivity contribution in [3.8, 4) is 5.75 Å². The van der Waals surface area contributed by atoms with E-state index in [2.05, 4.69) is 5.32 Å². The fourth-order valence-corrected chi connectivity index (χ4v) is 2.13. The maximum absolute atomic E-state index is 13.9. The summed E-state index contributed by atoms with van der Waals surface area (Å²) in [5.74, 6) is -0.312. The Bertz CT molecular complexity index is 465. The molecule has 1 unspecified atom stereocenters. The summed E-state index contributed by atoms with van der Waals surface area (Å²) in [5.41, 5.74) is 0.740. The second-order valence-electron chi connectivity index (χ2n) is 4.66. The van der Waals surface area contributed by atoms with Crippen LogP contribution in [0.5, 0.6) is 5.75 Å². The van der Waals surface area contributed by atoms with Gasteiger partial charge in [-0.25, -0.2) is 4.39 Å². The van der Waals surface area contributed by atoms with Crippen molar-refractivity contribution >= 4 is 5.91 Å². The van der Waals surface area contributed by atoms with Gasteiger partial charge in [0.05, 0.1) is 0 Å². The zero-order valence-electron chi connectivity index (χ0n) is 11.3. The van der Waals surface area contributed by atoms with Gasteiger partial charge in [0.1, 0.15) is 0 Å². The highest BCUT2D eigenvalue weighted by Crippen LogP contribution is 2.26. The molecular formula is C14H19FN2O2. The number of nitrogens with one attached hydrogen (secondary N) is 1. The van der Waals surface area contributed by atoms with Crippen LogP contribution in [0.3, 0.4) is 0 Å². The van der Waals surface area contributed by atoms with Gasteiger partial charge in [-0.15, -0.1) is 0 Å². The van der Waals surface area contributed by atoms with E-state index >= 15 is 0 Å². The number of likely N-dealkylation sites (tertiary alicyclic amines) is 1. The van der Waals surface area contributed by atoms with Crippen molar-refractivity contribution in [2.24, 2.45) is 0 Å². The summed E-state index contributed by atoms with van der Waals surface area (Å²) in [4.78, 5) is 13.4. The van der Waals surface area contributed by atoms with Gasteiger partial charge in [0.25, 0.3) is 5.91 Å². The lowest BCUT2D eigenvalue weighted by Crippen LogP contribution is -2.30. The van der Waals surface area contributed by atoms with Crippen LogP contribution in [0.2, 0.25) is 0 Å². The number of para-hydroxylation sites is 1. The number of amides is 1. The fourth-order valence-electron chi connectivity index (χ4n) is 2.13. The van der Waals surface area contributed by atoms with Gasteiger partial charge in [-0.05, 0) is 12.6 Å². The van der Waals surface area contributed by atoms with Crippen LogP contribution < -0.4 is 10.1 Å². The molecule has 2 rings (SSSR count). The lowest BCUT2D eigenvalue weighted by Gasteiger charge is -2.16. The minimum absolute atomic E-state index is 0.0855. The molecule has 1 aliphatic heterocycles. The van der Waals surface area contributed by atoms with Crippen LogP contribution in [-0.2, 0) is 11.3 Å². The van der Waals surface area contributed by atoms with E-state index in [1.54, 1.807) is 18.0 Å².